The molecule has 8 heteroatoms. The summed E-state index contributed by atoms with van der Waals surface area (Å²) < 4.78 is 38.6. The second-order valence-electron chi connectivity index (χ2n) is 4.81. The molecule has 0 bridgehead atoms. The number of rotatable bonds is 3. The molecule has 114 valence electrons. The third kappa shape index (κ3) is 3.84. The molecule has 0 aromatic heterocycles. The summed E-state index contributed by atoms with van der Waals surface area (Å²) in [7, 11) is 0. The Labute approximate surface area is 124 Å². The summed E-state index contributed by atoms with van der Waals surface area (Å²) in [6.45, 7) is 0.433. The molecule has 1 aliphatic heterocycles. The average molecular weight is 317 g/mol. The molecule has 0 saturated carbocycles. The fraction of sp³-hybridized carbons (Fsp3) is 0.385. The first-order valence-corrected chi connectivity index (χ1v) is 6.72. The highest BCUT2D eigenvalue weighted by molar-refractivity contribution is 7.80. The summed E-state index contributed by atoms with van der Waals surface area (Å²) in [5.41, 5.74) is 4.81. The normalized spacial score (nSPS) is 19.0. The minimum Gasteiger partial charge on any atom is -0.389 e. The van der Waals surface area contributed by atoms with Crippen LogP contribution >= 0.6 is 12.2 Å². The number of nitrogens with two attached hydrogens (primary N) is 1. The quantitative estimate of drug-likeness (QED) is 0.746. The highest BCUT2D eigenvalue weighted by Crippen LogP contribution is 2.33. The van der Waals surface area contributed by atoms with E-state index in [1.54, 1.807) is 0 Å². The van der Waals surface area contributed by atoms with Crippen LogP contribution in [-0.4, -0.2) is 23.5 Å². The van der Waals surface area contributed by atoms with E-state index in [0.717, 1.165) is 6.07 Å². The van der Waals surface area contributed by atoms with Crippen LogP contribution in [0, 0.1) is 0 Å². The third-order valence-electron chi connectivity index (χ3n) is 3.23. The Morgan fingerprint density at radius 2 is 2.14 bits per heavy atom. The summed E-state index contributed by atoms with van der Waals surface area (Å²) in [6, 6.07) is 3.56. The molecule has 1 atom stereocenters. The van der Waals surface area contributed by atoms with Gasteiger partial charge in [0, 0.05) is 30.3 Å². The van der Waals surface area contributed by atoms with Gasteiger partial charge in [0.25, 0.3) is 0 Å². The van der Waals surface area contributed by atoms with Crippen LogP contribution in [0.1, 0.15) is 24.0 Å². The van der Waals surface area contributed by atoms with E-state index in [1.807, 2.05) is 0 Å². The number of benzene rings is 1. The van der Waals surface area contributed by atoms with Crippen LogP contribution in [0.5, 0.6) is 0 Å². The molecule has 4 N–H and O–H groups in total. The van der Waals surface area contributed by atoms with Crippen molar-refractivity contribution in [1.29, 1.82) is 0 Å². The Hall–Kier alpha value is -1.83. The lowest BCUT2D eigenvalue weighted by Crippen LogP contribution is -2.41. The van der Waals surface area contributed by atoms with Gasteiger partial charge in [-0.1, -0.05) is 12.2 Å². The van der Waals surface area contributed by atoms with Crippen molar-refractivity contribution in [2.24, 2.45) is 5.73 Å². The fourth-order valence-electron chi connectivity index (χ4n) is 2.18. The molecular weight excluding hydrogens is 303 g/mol. The molecule has 4 nitrogen and oxygen atoms in total. The van der Waals surface area contributed by atoms with E-state index in [4.69, 9.17) is 18.0 Å². The van der Waals surface area contributed by atoms with Crippen molar-refractivity contribution >= 4 is 28.8 Å². The first-order valence-electron chi connectivity index (χ1n) is 6.31. The number of halogens is 3. The van der Waals surface area contributed by atoms with Crippen LogP contribution in [0.4, 0.5) is 18.9 Å². The van der Waals surface area contributed by atoms with E-state index in [-0.39, 0.29) is 22.5 Å². The van der Waals surface area contributed by atoms with Gasteiger partial charge in [0.05, 0.1) is 5.56 Å². The average Bonchev–Trinajstić information content (AvgIpc) is 2.40. The van der Waals surface area contributed by atoms with Crippen LogP contribution in [0.2, 0.25) is 0 Å². The molecule has 1 aliphatic rings. The van der Waals surface area contributed by atoms with Gasteiger partial charge >= 0.3 is 6.18 Å². The predicted octanol–water partition coefficient (Wildman–Crippen LogP) is 2.03. The van der Waals surface area contributed by atoms with Crippen LogP contribution < -0.4 is 16.4 Å². The number of hydrogen-bond acceptors (Lipinski definition) is 3. The molecule has 1 unspecified atom stereocenters. The van der Waals surface area contributed by atoms with Gasteiger partial charge in [-0.2, -0.15) is 13.2 Å². The number of anilines is 1. The number of piperidine rings is 1. The number of alkyl halides is 3. The number of carbonyl (C=O) groups excluding carboxylic acids is 1. The molecule has 0 spiro atoms. The molecule has 2 rings (SSSR count). The van der Waals surface area contributed by atoms with Gasteiger partial charge in [-0.25, -0.2) is 0 Å². The van der Waals surface area contributed by atoms with Gasteiger partial charge in [-0.3, -0.25) is 4.79 Å². The van der Waals surface area contributed by atoms with E-state index < -0.39 is 11.7 Å². The molecule has 1 aromatic rings. The van der Waals surface area contributed by atoms with Crippen LogP contribution in [0.3, 0.4) is 0 Å². The minimum absolute atomic E-state index is 0.0238. The second-order valence-corrected chi connectivity index (χ2v) is 5.25. The molecule has 1 aromatic carbocycles. The fourth-order valence-corrected chi connectivity index (χ4v) is 2.35. The third-order valence-corrected chi connectivity index (χ3v) is 3.45. The van der Waals surface area contributed by atoms with E-state index >= 15 is 0 Å². The Bertz CT molecular complexity index is 564. The summed E-state index contributed by atoms with van der Waals surface area (Å²) in [6.07, 6.45) is -3.49. The van der Waals surface area contributed by atoms with Crippen LogP contribution in [-0.2, 0) is 11.0 Å². The summed E-state index contributed by atoms with van der Waals surface area (Å²) in [5.74, 6) is -0.0238. The predicted molar refractivity (Wildman–Crippen MR) is 77.0 cm³/mol. The van der Waals surface area contributed by atoms with Gasteiger partial charge in [0.2, 0.25) is 5.91 Å². The lowest BCUT2D eigenvalue weighted by molar-refractivity contribution is -0.137. The molecule has 21 heavy (non-hydrogen) atoms. The highest BCUT2D eigenvalue weighted by Gasteiger charge is 2.34. The summed E-state index contributed by atoms with van der Waals surface area (Å²) in [5, 5.41) is 5.77. The maximum Gasteiger partial charge on any atom is 0.417 e. The Morgan fingerprint density at radius 1 is 1.43 bits per heavy atom. The van der Waals surface area contributed by atoms with Crippen molar-refractivity contribution in [3.8, 4) is 0 Å². The lowest BCUT2D eigenvalue weighted by Gasteiger charge is -2.25. The smallest absolute Gasteiger partial charge is 0.389 e. The van der Waals surface area contributed by atoms with Gasteiger partial charge in [-0.05, 0) is 24.6 Å². The molecular formula is C13H14F3N3OS. The van der Waals surface area contributed by atoms with E-state index in [0.29, 0.717) is 25.1 Å². The molecule has 1 fully saturated rings. The van der Waals surface area contributed by atoms with Crippen molar-refractivity contribution in [3.05, 3.63) is 29.3 Å². The number of thiocarbonyl (C=S) groups is 1. The standard InChI is InChI=1S/C13H14F3N3OS/c14-13(15,16)10-3-1-7(5-9(10)12(17)21)19-8-2-4-11(20)18-6-8/h1,3,5,8,19H,2,4,6H2,(H2,17,21)(H,18,20). The lowest BCUT2D eigenvalue weighted by atomic mass is 10.0. The molecule has 1 amide bonds. The van der Waals surface area contributed by atoms with Crippen molar-refractivity contribution in [2.45, 2.75) is 25.1 Å². The zero-order chi connectivity index (χ0) is 15.6. The first kappa shape index (κ1) is 15.6. The van der Waals surface area contributed by atoms with Gasteiger partial charge < -0.3 is 16.4 Å². The van der Waals surface area contributed by atoms with Crippen molar-refractivity contribution in [1.82, 2.24) is 5.32 Å². The maximum atomic E-state index is 12.9. The minimum atomic E-state index is -4.50. The van der Waals surface area contributed by atoms with Crippen molar-refractivity contribution in [2.75, 3.05) is 11.9 Å². The zero-order valence-electron chi connectivity index (χ0n) is 11.0. The highest BCUT2D eigenvalue weighted by atomic mass is 32.1. The molecule has 1 heterocycles. The van der Waals surface area contributed by atoms with Gasteiger partial charge in [0.15, 0.2) is 0 Å². The summed E-state index contributed by atoms with van der Waals surface area (Å²) in [4.78, 5) is 10.8. The number of nitrogens with one attached hydrogen (secondary N) is 2. The van der Waals surface area contributed by atoms with E-state index in [9.17, 15) is 18.0 Å². The number of hydrogen-bond donors (Lipinski definition) is 3. The molecule has 0 radical (unpaired) electrons. The Morgan fingerprint density at radius 3 is 2.67 bits per heavy atom. The van der Waals surface area contributed by atoms with E-state index in [1.165, 1.54) is 12.1 Å². The van der Waals surface area contributed by atoms with Crippen LogP contribution in [0.25, 0.3) is 0 Å². The number of carbonyl (C=O) groups is 1. The second kappa shape index (κ2) is 5.88. The Balaban J connectivity index is 2.20. The number of amides is 1. The maximum absolute atomic E-state index is 12.9. The molecule has 1 saturated heterocycles. The molecule has 0 aliphatic carbocycles. The van der Waals surface area contributed by atoms with Crippen molar-refractivity contribution in [3.63, 3.8) is 0 Å². The largest absolute Gasteiger partial charge is 0.417 e. The zero-order valence-corrected chi connectivity index (χ0v) is 11.8. The van der Waals surface area contributed by atoms with E-state index in [2.05, 4.69) is 10.6 Å². The van der Waals surface area contributed by atoms with Crippen molar-refractivity contribution < 1.29 is 18.0 Å². The summed E-state index contributed by atoms with van der Waals surface area (Å²) >= 11 is 4.69. The topological polar surface area (TPSA) is 67.1 Å². The first-order chi connectivity index (χ1) is 9.77. The van der Waals surface area contributed by atoms with Crippen LogP contribution in [0.15, 0.2) is 18.2 Å². The van der Waals surface area contributed by atoms with Gasteiger partial charge in [-0.15, -0.1) is 0 Å². The monoisotopic (exact) mass is 317 g/mol. The SMILES string of the molecule is NC(=S)c1cc(NC2CCC(=O)NC2)ccc1C(F)(F)F. The van der Waals surface area contributed by atoms with Gasteiger partial charge in [0.1, 0.15) is 4.99 Å². The Kier molecular flexibility index (Phi) is 4.36.